The van der Waals surface area contributed by atoms with Crippen LogP contribution in [-0.4, -0.2) is 16.3 Å². The van der Waals surface area contributed by atoms with E-state index >= 15 is 0 Å². The Labute approximate surface area is 87.2 Å². The number of nitrogens with zero attached hydrogens (tertiary/aromatic N) is 2. The number of rotatable bonds is 2. The minimum atomic E-state index is 0.336. The summed E-state index contributed by atoms with van der Waals surface area (Å²) in [6.07, 6.45) is 0.973. The number of hydrogen-bond donors (Lipinski definition) is 1. The van der Waals surface area contributed by atoms with E-state index in [1.807, 2.05) is 4.68 Å². The second-order valence-corrected chi connectivity index (χ2v) is 4.33. The van der Waals surface area contributed by atoms with Crippen molar-refractivity contribution in [2.75, 3.05) is 6.54 Å². The van der Waals surface area contributed by atoms with E-state index in [-0.39, 0.29) is 0 Å². The largest absolute Gasteiger partial charge is 0.529 e. The predicted octanol–water partition coefficient (Wildman–Crippen LogP) is 0.897. The summed E-state index contributed by atoms with van der Waals surface area (Å²) in [5.74, 6) is 0. The summed E-state index contributed by atoms with van der Waals surface area (Å²) >= 11 is 0.500. The Hall–Kier alpha value is -0.810. The average Bonchev–Trinajstić information content (AvgIpc) is 2.56. The molecule has 0 radical (unpaired) electrons. The summed E-state index contributed by atoms with van der Waals surface area (Å²) in [5.41, 5.74) is 2.34. The number of nitrogens with one attached hydrogen (secondary N) is 1. The molecular weight excluding hydrogens is 198 g/mol. The van der Waals surface area contributed by atoms with Gasteiger partial charge in [0.05, 0.1) is 11.3 Å². The summed E-state index contributed by atoms with van der Waals surface area (Å²) in [7, 11) is 0. The number of fused-ring (bicyclic) bond motifs is 1. The van der Waals surface area contributed by atoms with Gasteiger partial charge < -0.3 is 5.32 Å². The van der Waals surface area contributed by atoms with Gasteiger partial charge in [-0.15, -0.1) is 5.10 Å². The third-order valence-electron chi connectivity index (χ3n) is 2.49. The van der Waals surface area contributed by atoms with Crippen LogP contribution >= 0.6 is 0 Å². The Bertz CT molecular complexity index is 359. The number of hydrogen-bond acceptors (Lipinski definition) is 3. The normalized spacial score (nSPS) is 15.6. The van der Waals surface area contributed by atoms with Crippen molar-refractivity contribution in [3.63, 3.8) is 0 Å². The van der Waals surface area contributed by atoms with Crippen LogP contribution < -0.4 is 5.32 Å². The molecule has 1 N–H and O–H groups in total. The van der Waals surface area contributed by atoms with Crippen molar-refractivity contribution in [3.05, 3.63) is 11.3 Å². The van der Waals surface area contributed by atoms with Crippen LogP contribution in [0.25, 0.3) is 0 Å². The van der Waals surface area contributed by atoms with Crippen LogP contribution in [0.15, 0.2) is 5.03 Å². The van der Waals surface area contributed by atoms with Crippen LogP contribution in [0.2, 0.25) is 0 Å². The first kappa shape index (κ1) is 9.73. The zero-order valence-corrected chi connectivity index (χ0v) is 9.23. The van der Waals surface area contributed by atoms with Gasteiger partial charge in [-0.3, -0.25) is 4.68 Å². The van der Waals surface area contributed by atoms with E-state index in [0.717, 1.165) is 25.1 Å². The van der Waals surface area contributed by atoms with Gasteiger partial charge in [0.25, 0.3) is 0 Å². The minimum absolute atomic E-state index is 0.336. The van der Waals surface area contributed by atoms with Crippen LogP contribution in [0.3, 0.4) is 0 Å². The molecule has 0 aromatic carbocycles. The van der Waals surface area contributed by atoms with Gasteiger partial charge >= 0.3 is 16.7 Å². The van der Waals surface area contributed by atoms with Crippen LogP contribution in [0.5, 0.6) is 0 Å². The molecule has 2 heterocycles. The van der Waals surface area contributed by atoms with Crippen LogP contribution in [-0.2, 0) is 28.8 Å². The molecule has 5 heteroatoms. The zero-order valence-electron chi connectivity index (χ0n) is 8.41. The lowest BCUT2D eigenvalue weighted by atomic mass is 10.1. The SMILES string of the molecule is CC(C)n1nc([S+]=O)c2c1CCNC2. The Kier molecular flexibility index (Phi) is 2.60. The highest BCUT2D eigenvalue weighted by molar-refractivity contribution is 7.65. The van der Waals surface area contributed by atoms with Crippen molar-refractivity contribution in [1.82, 2.24) is 15.1 Å². The molecule has 0 saturated heterocycles. The maximum Gasteiger partial charge on any atom is 0.529 e. The molecule has 1 aliphatic rings. The highest BCUT2D eigenvalue weighted by atomic mass is 32.1. The first-order chi connectivity index (χ1) is 6.74. The Morgan fingerprint density at radius 1 is 1.57 bits per heavy atom. The number of aromatic nitrogens is 2. The van der Waals surface area contributed by atoms with Crippen molar-refractivity contribution in [3.8, 4) is 0 Å². The molecule has 4 nitrogen and oxygen atoms in total. The summed E-state index contributed by atoms with van der Waals surface area (Å²) < 4.78 is 12.8. The standard InChI is InChI=1S/C9H14N3OS/c1-6(2)12-8-3-4-10-5-7(8)9(11-12)14-13/h6,10H,3-5H2,1-2H3/q+1. The van der Waals surface area contributed by atoms with Crippen molar-refractivity contribution < 1.29 is 4.21 Å². The maximum atomic E-state index is 10.9. The van der Waals surface area contributed by atoms with Gasteiger partial charge in [0.15, 0.2) is 0 Å². The second-order valence-electron chi connectivity index (χ2n) is 3.78. The highest BCUT2D eigenvalue weighted by Gasteiger charge is 2.29. The fourth-order valence-electron chi connectivity index (χ4n) is 1.84. The summed E-state index contributed by atoms with van der Waals surface area (Å²) in [4.78, 5) is 0. The molecule has 0 aliphatic carbocycles. The second kappa shape index (κ2) is 3.74. The minimum Gasteiger partial charge on any atom is -0.312 e. The third kappa shape index (κ3) is 1.46. The van der Waals surface area contributed by atoms with Gasteiger partial charge in [-0.05, 0) is 13.8 Å². The molecule has 0 fully saturated rings. The fraction of sp³-hybridized carbons (Fsp3) is 0.667. The van der Waals surface area contributed by atoms with Crippen LogP contribution in [0, 0.1) is 0 Å². The molecule has 1 aromatic heterocycles. The van der Waals surface area contributed by atoms with E-state index in [4.69, 9.17) is 0 Å². The summed E-state index contributed by atoms with van der Waals surface area (Å²) in [6.45, 7) is 5.95. The Balaban J connectivity index is 2.52. The lowest BCUT2D eigenvalue weighted by Gasteiger charge is -2.15. The smallest absolute Gasteiger partial charge is 0.312 e. The first-order valence-electron chi connectivity index (χ1n) is 4.85. The van der Waals surface area contributed by atoms with Crippen LogP contribution in [0.4, 0.5) is 0 Å². The van der Waals surface area contributed by atoms with E-state index in [0.29, 0.717) is 22.7 Å². The van der Waals surface area contributed by atoms with E-state index in [1.165, 1.54) is 5.69 Å². The summed E-state index contributed by atoms with van der Waals surface area (Å²) in [6, 6.07) is 0.336. The first-order valence-corrected chi connectivity index (χ1v) is 5.59. The van der Waals surface area contributed by atoms with Crippen molar-refractivity contribution >= 4 is 11.7 Å². The molecule has 14 heavy (non-hydrogen) atoms. The van der Waals surface area contributed by atoms with E-state index in [9.17, 15) is 4.21 Å². The van der Waals surface area contributed by atoms with Gasteiger partial charge in [0.2, 0.25) is 0 Å². The predicted molar refractivity (Wildman–Crippen MR) is 54.3 cm³/mol. The zero-order chi connectivity index (χ0) is 10.1. The molecule has 0 atom stereocenters. The van der Waals surface area contributed by atoms with E-state index < -0.39 is 0 Å². The maximum absolute atomic E-state index is 10.9. The van der Waals surface area contributed by atoms with Gasteiger partial charge in [0.1, 0.15) is 0 Å². The Morgan fingerprint density at radius 2 is 2.36 bits per heavy atom. The Morgan fingerprint density at radius 3 is 3.00 bits per heavy atom. The summed E-state index contributed by atoms with van der Waals surface area (Å²) in [5, 5.41) is 8.24. The van der Waals surface area contributed by atoms with Crippen LogP contribution in [0.1, 0.15) is 31.1 Å². The molecule has 0 bridgehead atoms. The van der Waals surface area contributed by atoms with Gasteiger partial charge in [0, 0.05) is 29.8 Å². The lowest BCUT2D eigenvalue weighted by molar-refractivity contribution is 0.489. The molecule has 0 spiro atoms. The van der Waals surface area contributed by atoms with Crippen molar-refractivity contribution in [2.45, 2.75) is 37.9 Å². The molecule has 1 aliphatic heterocycles. The lowest BCUT2D eigenvalue weighted by Crippen LogP contribution is -2.25. The van der Waals surface area contributed by atoms with Crippen molar-refractivity contribution in [1.29, 1.82) is 0 Å². The van der Waals surface area contributed by atoms with Gasteiger partial charge in [-0.2, -0.15) is 0 Å². The highest BCUT2D eigenvalue weighted by Crippen LogP contribution is 2.21. The van der Waals surface area contributed by atoms with Gasteiger partial charge in [-0.1, -0.05) is 0 Å². The molecule has 0 amide bonds. The van der Waals surface area contributed by atoms with E-state index in [2.05, 4.69) is 24.3 Å². The molecule has 76 valence electrons. The fourth-order valence-corrected chi connectivity index (χ4v) is 2.25. The quantitative estimate of drug-likeness (QED) is 0.741. The average molecular weight is 212 g/mol. The van der Waals surface area contributed by atoms with Gasteiger partial charge in [-0.25, -0.2) is 0 Å². The molecule has 1 aromatic rings. The molecule has 0 unspecified atom stereocenters. The third-order valence-corrected chi connectivity index (χ3v) is 2.98. The van der Waals surface area contributed by atoms with Crippen molar-refractivity contribution in [2.24, 2.45) is 0 Å². The molecule has 0 saturated carbocycles. The monoisotopic (exact) mass is 212 g/mol. The van der Waals surface area contributed by atoms with E-state index in [1.54, 1.807) is 0 Å². The topological polar surface area (TPSA) is 46.9 Å². The molecule has 2 rings (SSSR count). The molecular formula is C9H14N3OS+.